The van der Waals surface area contributed by atoms with Crippen LogP contribution in [0.3, 0.4) is 0 Å². The number of likely N-dealkylation sites (tertiary alicyclic amines) is 1. The number of alkyl halides is 3. The zero-order valence-electron chi connectivity index (χ0n) is 16.7. The van der Waals surface area contributed by atoms with Crippen LogP contribution in [-0.4, -0.2) is 36.6 Å². The van der Waals surface area contributed by atoms with Crippen LogP contribution in [0.5, 0.6) is 5.75 Å². The van der Waals surface area contributed by atoms with Crippen molar-refractivity contribution in [2.75, 3.05) is 19.7 Å². The van der Waals surface area contributed by atoms with Crippen LogP contribution in [-0.2, 0) is 22.3 Å². The van der Waals surface area contributed by atoms with E-state index in [9.17, 15) is 18.0 Å². The van der Waals surface area contributed by atoms with E-state index in [2.05, 4.69) is 4.90 Å². The van der Waals surface area contributed by atoms with Gasteiger partial charge in [0.25, 0.3) is 0 Å². The zero-order valence-corrected chi connectivity index (χ0v) is 16.7. The molecule has 4 nitrogen and oxygen atoms in total. The fourth-order valence-electron chi connectivity index (χ4n) is 3.50. The maximum Gasteiger partial charge on any atom is 0.416 e. The predicted octanol–water partition coefficient (Wildman–Crippen LogP) is 5.07. The van der Waals surface area contributed by atoms with Crippen LogP contribution in [0.1, 0.15) is 36.8 Å². The smallest absolute Gasteiger partial charge is 0.416 e. The Hall–Kier alpha value is -2.54. The van der Waals surface area contributed by atoms with Crippen molar-refractivity contribution < 1.29 is 27.4 Å². The molecule has 1 heterocycles. The van der Waals surface area contributed by atoms with Gasteiger partial charge in [0, 0.05) is 0 Å². The number of nitrogens with zero attached hydrogens (tertiary/aromatic N) is 1. The van der Waals surface area contributed by atoms with Crippen molar-refractivity contribution in [2.24, 2.45) is 0 Å². The largest absolute Gasteiger partial charge is 0.492 e. The lowest BCUT2D eigenvalue weighted by Gasteiger charge is -2.34. The van der Waals surface area contributed by atoms with E-state index in [1.54, 1.807) is 0 Å². The van der Waals surface area contributed by atoms with E-state index in [1.807, 2.05) is 30.3 Å². The molecular weight excluding hydrogens is 395 g/mol. The molecule has 7 heteroatoms. The molecule has 2 aromatic rings. The van der Waals surface area contributed by atoms with Gasteiger partial charge in [0.2, 0.25) is 0 Å². The second kappa shape index (κ2) is 10.5. The minimum atomic E-state index is -4.38. The molecule has 1 unspecified atom stereocenters. The van der Waals surface area contributed by atoms with Crippen LogP contribution in [0.2, 0.25) is 0 Å². The number of halogens is 3. The molecule has 0 N–H and O–H groups in total. The van der Waals surface area contributed by atoms with Crippen molar-refractivity contribution in [1.29, 1.82) is 0 Å². The zero-order chi connectivity index (χ0) is 21.4. The van der Waals surface area contributed by atoms with Gasteiger partial charge in [-0.05, 0) is 55.8 Å². The van der Waals surface area contributed by atoms with E-state index in [4.69, 9.17) is 9.47 Å². The molecule has 0 amide bonds. The van der Waals surface area contributed by atoms with Gasteiger partial charge in [-0.2, -0.15) is 13.2 Å². The van der Waals surface area contributed by atoms with E-state index in [-0.39, 0.29) is 31.6 Å². The van der Waals surface area contributed by atoms with Crippen LogP contribution in [0.4, 0.5) is 13.2 Å². The minimum absolute atomic E-state index is 0.174. The fraction of sp³-hybridized carbons (Fsp3) is 0.435. The van der Waals surface area contributed by atoms with E-state index in [0.29, 0.717) is 5.75 Å². The molecule has 0 spiro atoms. The van der Waals surface area contributed by atoms with Crippen LogP contribution in [0.25, 0.3) is 0 Å². The third kappa shape index (κ3) is 6.76. The summed E-state index contributed by atoms with van der Waals surface area (Å²) < 4.78 is 49.3. The minimum Gasteiger partial charge on any atom is -0.492 e. The molecule has 1 saturated heterocycles. The van der Waals surface area contributed by atoms with Gasteiger partial charge in [-0.25, -0.2) is 0 Å². The van der Waals surface area contributed by atoms with Crippen molar-refractivity contribution in [2.45, 2.75) is 44.5 Å². The van der Waals surface area contributed by atoms with Crippen LogP contribution in [0.15, 0.2) is 54.6 Å². The number of carbonyl (C=O) groups is 1. The average Bonchev–Trinajstić information content (AvgIpc) is 2.76. The summed E-state index contributed by atoms with van der Waals surface area (Å²) >= 11 is 0. The first-order valence-electron chi connectivity index (χ1n) is 10.2. The summed E-state index contributed by atoms with van der Waals surface area (Å²) in [5.41, 5.74) is 0.202. The maximum atomic E-state index is 12.7. The number of rotatable bonds is 8. The summed E-state index contributed by atoms with van der Waals surface area (Å²) in [6, 6.07) is 13.9. The van der Waals surface area contributed by atoms with Gasteiger partial charge in [-0.3, -0.25) is 9.69 Å². The molecule has 1 fully saturated rings. The first-order valence-corrected chi connectivity index (χ1v) is 10.2. The number of benzene rings is 2. The number of esters is 1. The lowest BCUT2D eigenvalue weighted by molar-refractivity contribution is -0.147. The van der Waals surface area contributed by atoms with Gasteiger partial charge >= 0.3 is 12.1 Å². The molecule has 0 saturated carbocycles. The molecule has 0 bridgehead atoms. The first-order chi connectivity index (χ1) is 14.4. The molecule has 0 aliphatic carbocycles. The number of hydrogen-bond acceptors (Lipinski definition) is 4. The van der Waals surface area contributed by atoms with Crippen molar-refractivity contribution in [3.05, 3.63) is 65.7 Å². The van der Waals surface area contributed by atoms with Crippen LogP contribution < -0.4 is 4.74 Å². The molecule has 162 valence electrons. The highest BCUT2D eigenvalue weighted by Gasteiger charge is 2.30. The SMILES string of the molecule is O=C(CC(COc1ccc(C(F)(F)F)cc1)N1CCCCC1)OCc1ccccc1. The fourth-order valence-corrected chi connectivity index (χ4v) is 3.50. The predicted molar refractivity (Wildman–Crippen MR) is 107 cm³/mol. The molecule has 0 radical (unpaired) electrons. The van der Waals surface area contributed by atoms with E-state index >= 15 is 0 Å². The van der Waals surface area contributed by atoms with Gasteiger partial charge in [0.1, 0.15) is 19.0 Å². The van der Waals surface area contributed by atoms with Gasteiger partial charge in [0.05, 0.1) is 18.0 Å². The highest BCUT2D eigenvalue weighted by molar-refractivity contribution is 5.70. The third-order valence-electron chi connectivity index (χ3n) is 5.18. The molecule has 1 aliphatic heterocycles. The molecule has 1 atom stereocenters. The summed E-state index contributed by atoms with van der Waals surface area (Å²) in [5.74, 6) is 0.0353. The summed E-state index contributed by atoms with van der Waals surface area (Å²) in [4.78, 5) is 14.6. The quantitative estimate of drug-likeness (QED) is 0.558. The number of carbonyl (C=O) groups excluding carboxylic acids is 1. The van der Waals surface area contributed by atoms with Gasteiger partial charge in [-0.15, -0.1) is 0 Å². The second-order valence-electron chi connectivity index (χ2n) is 7.43. The molecule has 0 aromatic heterocycles. The molecule has 3 rings (SSSR count). The maximum absolute atomic E-state index is 12.7. The lowest BCUT2D eigenvalue weighted by atomic mass is 10.1. The highest BCUT2D eigenvalue weighted by Crippen LogP contribution is 2.30. The molecular formula is C23H26F3NO3. The van der Waals surface area contributed by atoms with Crippen molar-refractivity contribution in [3.8, 4) is 5.75 Å². The van der Waals surface area contributed by atoms with E-state index < -0.39 is 11.7 Å². The standard InChI is InChI=1S/C23H26F3NO3/c24-23(25,26)19-9-11-21(12-10-19)29-17-20(27-13-5-2-6-14-27)15-22(28)30-16-18-7-3-1-4-8-18/h1,3-4,7-12,20H,2,5-6,13-17H2. The monoisotopic (exact) mass is 421 g/mol. The topological polar surface area (TPSA) is 38.8 Å². The summed E-state index contributed by atoms with van der Waals surface area (Å²) in [5, 5.41) is 0. The Kier molecular flexibility index (Phi) is 7.74. The Morgan fingerprint density at radius 2 is 1.63 bits per heavy atom. The highest BCUT2D eigenvalue weighted by atomic mass is 19.4. The van der Waals surface area contributed by atoms with Crippen molar-refractivity contribution >= 4 is 5.97 Å². The number of piperidine rings is 1. The molecule has 1 aliphatic rings. The molecule has 2 aromatic carbocycles. The first kappa shape index (κ1) is 22.2. The van der Waals surface area contributed by atoms with E-state index in [0.717, 1.165) is 50.0 Å². The normalized spacial score (nSPS) is 16.1. The average molecular weight is 421 g/mol. The molecule has 30 heavy (non-hydrogen) atoms. The Bertz CT molecular complexity index is 788. The lowest BCUT2D eigenvalue weighted by Crippen LogP contribution is -2.44. The van der Waals surface area contributed by atoms with Crippen LogP contribution >= 0.6 is 0 Å². The van der Waals surface area contributed by atoms with E-state index in [1.165, 1.54) is 12.1 Å². The Labute approximate surface area is 174 Å². The van der Waals surface area contributed by atoms with Crippen molar-refractivity contribution in [3.63, 3.8) is 0 Å². The van der Waals surface area contributed by atoms with Gasteiger partial charge < -0.3 is 9.47 Å². The number of ether oxygens (including phenoxy) is 2. The summed E-state index contributed by atoms with van der Waals surface area (Å²) in [6.45, 7) is 2.16. The van der Waals surface area contributed by atoms with Gasteiger partial charge in [0.15, 0.2) is 0 Å². The van der Waals surface area contributed by atoms with Crippen molar-refractivity contribution in [1.82, 2.24) is 4.90 Å². The Balaban J connectivity index is 1.57. The summed E-state index contributed by atoms with van der Waals surface area (Å²) in [6.07, 6.45) is -0.946. The van der Waals surface area contributed by atoms with Gasteiger partial charge in [-0.1, -0.05) is 36.8 Å². The Morgan fingerprint density at radius 3 is 2.27 bits per heavy atom. The van der Waals surface area contributed by atoms with Crippen LogP contribution in [0, 0.1) is 0 Å². The third-order valence-corrected chi connectivity index (χ3v) is 5.18. The summed E-state index contributed by atoms with van der Waals surface area (Å²) in [7, 11) is 0. The second-order valence-corrected chi connectivity index (χ2v) is 7.43. The number of hydrogen-bond donors (Lipinski definition) is 0. The Morgan fingerprint density at radius 1 is 0.967 bits per heavy atom.